The van der Waals surface area contributed by atoms with Gasteiger partial charge in [-0.2, -0.15) is 0 Å². The number of amides is 2. The largest absolute Gasteiger partial charge is 0.372 e. The molecule has 0 aliphatic carbocycles. The monoisotopic (exact) mass is 388 g/mol. The van der Waals surface area contributed by atoms with Crippen LogP contribution >= 0.6 is 0 Å². The molecule has 2 amide bonds. The summed E-state index contributed by atoms with van der Waals surface area (Å²) in [6, 6.07) is 16.8. The van der Waals surface area contributed by atoms with E-state index in [9.17, 15) is 9.59 Å². The Morgan fingerprint density at radius 3 is 2.21 bits per heavy atom. The number of hydrogen-bond donors (Lipinski definition) is 0. The predicted octanol–water partition coefficient (Wildman–Crippen LogP) is 3.63. The standard InChI is InChI=1S/C23H24N4O2/c1-4-25(5-2)19-13-11-18(12-14-19)17-21-22(28)26(16-15-24-3)27(23(21)29)20-9-7-6-8-10-20/h6-14,17H,4-5,15-16H2,1-2H3/b21-17+. The first kappa shape index (κ1) is 20.2. The van der Waals surface area contributed by atoms with Crippen molar-refractivity contribution in [3.8, 4) is 0 Å². The van der Waals surface area contributed by atoms with Crippen molar-refractivity contribution in [2.75, 3.05) is 36.1 Å². The SMILES string of the molecule is [C-]#[N+]CCN1C(=O)/C(=C\c2ccc(N(CC)CC)cc2)C(=O)N1c1ccccc1. The Morgan fingerprint density at radius 1 is 0.966 bits per heavy atom. The quantitative estimate of drug-likeness (QED) is 0.413. The van der Waals surface area contributed by atoms with Crippen LogP contribution in [0.15, 0.2) is 60.2 Å². The number of rotatable bonds is 7. The number of carbonyl (C=O) groups is 2. The molecule has 0 spiro atoms. The minimum atomic E-state index is -0.379. The second-order valence-corrected chi connectivity index (χ2v) is 6.58. The minimum Gasteiger partial charge on any atom is -0.372 e. The van der Waals surface area contributed by atoms with E-state index in [0.717, 1.165) is 24.3 Å². The van der Waals surface area contributed by atoms with Gasteiger partial charge in [0.05, 0.1) is 5.69 Å². The molecular formula is C23H24N4O2. The fraction of sp³-hybridized carbons (Fsp3) is 0.261. The van der Waals surface area contributed by atoms with Crippen LogP contribution in [0.1, 0.15) is 19.4 Å². The molecule has 1 aliphatic rings. The Hall–Kier alpha value is -3.59. The van der Waals surface area contributed by atoms with Gasteiger partial charge in [-0.25, -0.2) is 16.6 Å². The van der Waals surface area contributed by atoms with E-state index in [-0.39, 0.29) is 30.5 Å². The van der Waals surface area contributed by atoms with E-state index in [0.29, 0.717) is 5.69 Å². The van der Waals surface area contributed by atoms with Crippen LogP contribution in [0, 0.1) is 6.57 Å². The van der Waals surface area contributed by atoms with Crippen molar-refractivity contribution < 1.29 is 9.59 Å². The van der Waals surface area contributed by atoms with Gasteiger partial charge < -0.3 is 9.74 Å². The highest BCUT2D eigenvalue weighted by Gasteiger charge is 2.42. The van der Waals surface area contributed by atoms with Gasteiger partial charge in [0, 0.05) is 18.8 Å². The first-order chi connectivity index (χ1) is 14.1. The van der Waals surface area contributed by atoms with Gasteiger partial charge in [-0.05, 0) is 49.8 Å². The van der Waals surface area contributed by atoms with Crippen LogP contribution in [0.3, 0.4) is 0 Å². The summed E-state index contributed by atoms with van der Waals surface area (Å²) >= 11 is 0. The minimum absolute atomic E-state index is 0.106. The van der Waals surface area contributed by atoms with E-state index < -0.39 is 0 Å². The molecule has 6 nitrogen and oxygen atoms in total. The van der Waals surface area contributed by atoms with Gasteiger partial charge in [-0.15, -0.1) is 0 Å². The van der Waals surface area contributed by atoms with E-state index in [1.807, 2.05) is 42.5 Å². The summed E-state index contributed by atoms with van der Waals surface area (Å²) in [6.07, 6.45) is 1.63. The van der Waals surface area contributed by atoms with Crippen LogP contribution in [0.4, 0.5) is 11.4 Å². The summed E-state index contributed by atoms with van der Waals surface area (Å²) < 4.78 is 0. The van der Waals surface area contributed by atoms with Gasteiger partial charge in [0.1, 0.15) is 12.1 Å². The Bertz CT molecular complexity index is 941. The fourth-order valence-electron chi connectivity index (χ4n) is 3.38. The van der Waals surface area contributed by atoms with E-state index in [2.05, 4.69) is 23.6 Å². The molecule has 2 aromatic rings. The van der Waals surface area contributed by atoms with Crippen LogP contribution in [-0.2, 0) is 9.59 Å². The van der Waals surface area contributed by atoms with Crippen LogP contribution in [0.2, 0.25) is 0 Å². The molecule has 3 rings (SSSR count). The van der Waals surface area contributed by atoms with Gasteiger partial charge in [0.2, 0.25) is 6.54 Å². The van der Waals surface area contributed by atoms with Gasteiger partial charge in [0.15, 0.2) is 0 Å². The van der Waals surface area contributed by atoms with Crippen molar-refractivity contribution in [3.63, 3.8) is 0 Å². The number of hydrazine groups is 1. The number of nitrogens with zero attached hydrogens (tertiary/aromatic N) is 4. The topological polar surface area (TPSA) is 48.2 Å². The molecule has 29 heavy (non-hydrogen) atoms. The van der Waals surface area contributed by atoms with E-state index in [1.54, 1.807) is 18.2 Å². The number of hydrogen-bond acceptors (Lipinski definition) is 3. The maximum Gasteiger partial charge on any atom is 0.282 e. The smallest absolute Gasteiger partial charge is 0.282 e. The zero-order chi connectivity index (χ0) is 20.8. The first-order valence-electron chi connectivity index (χ1n) is 9.71. The third-order valence-electron chi connectivity index (χ3n) is 4.89. The Balaban J connectivity index is 1.93. The molecule has 0 unspecified atom stereocenters. The van der Waals surface area contributed by atoms with Gasteiger partial charge >= 0.3 is 0 Å². The Labute approximate surface area is 171 Å². The van der Waals surface area contributed by atoms with Crippen molar-refractivity contribution in [2.24, 2.45) is 0 Å². The molecule has 0 bridgehead atoms. The number of carbonyl (C=O) groups excluding carboxylic acids is 2. The van der Waals surface area contributed by atoms with Crippen molar-refractivity contribution >= 4 is 29.3 Å². The lowest BCUT2D eigenvalue weighted by Crippen LogP contribution is -2.42. The molecular weight excluding hydrogens is 364 g/mol. The molecule has 148 valence electrons. The Kier molecular flexibility index (Phi) is 6.30. The summed E-state index contributed by atoms with van der Waals surface area (Å²) in [5.41, 5.74) is 2.61. The second-order valence-electron chi connectivity index (χ2n) is 6.58. The highest BCUT2D eigenvalue weighted by atomic mass is 16.2. The molecule has 0 radical (unpaired) electrons. The van der Waals surface area contributed by atoms with Crippen LogP contribution in [-0.4, -0.2) is 43.0 Å². The number of para-hydroxylation sites is 1. The maximum absolute atomic E-state index is 13.1. The highest BCUT2D eigenvalue weighted by molar-refractivity contribution is 6.31. The van der Waals surface area contributed by atoms with Crippen LogP contribution < -0.4 is 9.91 Å². The lowest BCUT2D eigenvalue weighted by Gasteiger charge is -2.25. The molecule has 1 aliphatic heterocycles. The average Bonchev–Trinajstić information content (AvgIpc) is 2.99. The molecule has 0 aromatic heterocycles. The van der Waals surface area contributed by atoms with E-state index in [1.165, 1.54) is 10.0 Å². The summed E-state index contributed by atoms with van der Waals surface area (Å²) in [7, 11) is 0. The second kappa shape index (κ2) is 9.07. The van der Waals surface area contributed by atoms with Gasteiger partial charge in [0.25, 0.3) is 11.8 Å². The molecule has 2 aromatic carbocycles. The van der Waals surface area contributed by atoms with Crippen molar-refractivity contribution in [3.05, 3.63) is 77.2 Å². The normalized spacial score (nSPS) is 15.1. The van der Waals surface area contributed by atoms with Crippen molar-refractivity contribution in [1.29, 1.82) is 0 Å². The lowest BCUT2D eigenvalue weighted by molar-refractivity contribution is -0.125. The average molecular weight is 388 g/mol. The number of benzene rings is 2. The highest BCUT2D eigenvalue weighted by Crippen LogP contribution is 2.28. The molecule has 1 heterocycles. The zero-order valence-corrected chi connectivity index (χ0v) is 16.7. The third-order valence-corrected chi connectivity index (χ3v) is 4.89. The summed E-state index contributed by atoms with van der Waals surface area (Å²) in [5.74, 6) is -0.755. The molecule has 6 heteroatoms. The summed E-state index contributed by atoms with van der Waals surface area (Å²) in [6.45, 7) is 13.4. The van der Waals surface area contributed by atoms with E-state index >= 15 is 0 Å². The molecule has 0 saturated carbocycles. The van der Waals surface area contributed by atoms with Crippen molar-refractivity contribution in [1.82, 2.24) is 5.01 Å². The zero-order valence-electron chi connectivity index (χ0n) is 16.7. The summed E-state index contributed by atoms with van der Waals surface area (Å²) in [4.78, 5) is 31.6. The number of anilines is 2. The van der Waals surface area contributed by atoms with E-state index in [4.69, 9.17) is 6.57 Å². The Morgan fingerprint density at radius 2 is 1.62 bits per heavy atom. The van der Waals surface area contributed by atoms with Gasteiger partial charge in [-0.3, -0.25) is 9.59 Å². The van der Waals surface area contributed by atoms with Crippen LogP contribution in [0.25, 0.3) is 10.9 Å². The molecule has 1 saturated heterocycles. The van der Waals surface area contributed by atoms with Crippen molar-refractivity contribution in [2.45, 2.75) is 13.8 Å². The van der Waals surface area contributed by atoms with Crippen LogP contribution in [0.5, 0.6) is 0 Å². The first-order valence-corrected chi connectivity index (χ1v) is 9.71. The molecule has 1 fully saturated rings. The maximum atomic E-state index is 13.1. The third kappa shape index (κ3) is 4.14. The van der Waals surface area contributed by atoms with Gasteiger partial charge in [-0.1, -0.05) is 30.3 Å². The fourth-order valence-corrected chi connectivity index (χ4v) is 3.38. The molecule has 0 N–H and O–H groups in total. The summed E-state index contributed by atoms with van der Waals surface area (Å²) in [5, 5.41) is 2.72. The lowest BCUT2D eigenvalue weighted by atomic mass is 10.1. The predicted molar refractivity (Wildman–Crippen MR) is 115 cm³/mol. The molecule has 0 atom stereocenters.